The van der Waals surface area contributed by atoms with E-state index in [1.807, 2.05) is 0 Å². The Hall–Kier alpha value is -2.88. The van der Waals surface area contributed by atoms with E-state index in [4.69, 9.17) is 11.6 Å². The maximum atomic E-state index is 12.6. The van der Waals surface area contributed by atoms with Crippen LogP contribution < -0.4 is 15.4 Å². The molecule has 0 fully saturated rings. The number of carbonyl (C=O) groups is 2. The minimum absolute atomic E-state index is 0.108. The van der Waals surface area contributed by atoms with Gasteiger partial charge in [0.2, 0.25) is 10.0 Å². The second-order valence-electron chi connectivity index (χ2n) is 6.34. The molecule has 10 heteroatoms. The average molecular weight is 464 g/mol. The zero-order valence-electron chi connectivity index (χ0n) is 15.8. The average Bonchev–Trinajstić information content (AvgIpc) is 3.22. The zero-order chi connectivity index (χ0) is 21.7. The number of thiophene rings is 1. The highest BCUT2D eigenvalue weighted by molar-refractivity contribution is 7.92. The van der Waals surface area contributed by atoms with Crippen LogP contribution >= 0.6 is 22.9 Å². The second-order valence-corrected chi connectivity index (χ2v) is 9.44. The van der Waals surface area contributed by atoms with Gasteiger partial charge in [0.05, 0.1) is 27.5 Å². The summed E-state index contributed by atoms with van der Waals surface area (Å²) in [4.78, 5) is 25.4. The van der Waals surface area contributed by atoms with E-state index in [9.17, 15) is 18.0 Å². The lowest BCUT2D eigenvalue weighted by Gasteiger charge is -2.12. The summed E-state index contributed by atoms with van der Waals surface area (Å²) in [7, 11) is -3.45. The number of nitrogens with one attached hydrogen (secondary N) is 3. The van der Waals surface area contributed by atoms with Gasteiger partial charge in [-0.25, -0.2) is 8.42 Å². The largest absolute Gasteiger partial charge is 0.348 e. The van der Waals surface area contributed by atoms with E-state index in [1.54, 1.807) is 47.8 Å². The van der Waals surface area contributed by atoms with Gasteiger partial charge in [-0.2, -0.15) is 0 Å². The van der Waals surface area contributed by atoms with E-state index in [0.717, 1.165) is 6.26 Å². The fraction of sp³-hybridized carbons (Fsp3) is 0.100. The molecule has 0 spiro atoms. The third-order valence-corrected chi connectivity index (χ3v) is 5.76. The van der Waals surface area contributed by atoms with Crippen molar-refractivity contribution in [2.24, 2.45) is 0 Å². The van der Waals surface area contributed by atoms with Crippen LogP contribution in [0.2, 0.25) is 5.02 Å². The number of hydrogen-bond donors (Lipinski definition) is 3. The molecule has 0 unspecified atom stereocenters. The topological polar surface area (TPSA) is 104 Å². The molecule has 3 rings (SSSR count). The highest BCUT2D eigenvalue weighted by atomic mass is 35.5. The monoisotopic (exact) mass is 463 g/mol. The molecule has 0 radical (unpaired) electrons. The molecule has 7 nitrogen and oxygen atoms in total. The van der Waals surface area contributed by atoms with Crippen molar-refractivity contribution in [1.82, 2.24) is 5.32 Å². The van der Waals surface area contributed by atoms with Crippen molar-refractivity contribution < 1.29 is 18.0 Å². The number of hydrogen-bond acceptors (Lipinski definition) is 5. The van der Waals surface area contributed by atoms with Crippen molar-refractivity contribution in [3.8, 4) is 0 Å². The Balaban J connectivity index is 1.72. The predicted molar refractivity (Wildman–Crippen MR) is 120 cm³/mol. The first-order valence-corrected chi connectivity index (χ1v) is 11.9. The second kappa shape index (κ2) is 9.29. The van der Waals surface area contributed by atoms with E-state index < -0.39 is 15.9 Å². The molecule has 0 saturated carbocycles. The number of sulfonamides is 1. The van der Waals surface area contributed by atoms with E-state index in [2.05, 4.69) is 15.4 Å². The fourth-order valence-corrected chi connectivity index (χ4v) is 3.99. The molecule has 0 atom stereocenters. The summed E-state index contributed by atoms with van der Waals surface area (Å²) in [6.45, 7) is 0.108. The Morgan fingerprint density at radius 1 is 1.00 bits per heavy atom. The van der Waals surface area contributed by atoms with Gasteiger partial charge in [0.15, 0.2) is 0 Å². The highest BCUT2D eigenvalue weighted by Gasteiger charge is 2.14. The summed E-state index contributed by atoms with van der Waals surface area (Å²) in [6.07, 6.45) is 1.06. The highest BCUT2D eigenvalue weighted by Crippen LogP contribution is 2.24. The number of benzene rings is 2. The van der Waals surface area contributed by atoms with E-state index in [-0.39, 0.29) is 12.5 Å². The summed E-state index contributed by atoms with van der Waals surface area (Å²) in [5, 5.41) is 7.53. The van der Waals surface area contributed by atoms with Crippen LogP contribution in [0.3, 0.4) is 0 Å². The van der Waals surface area contributed by atoms with Crippen molar-refractivity contribution in [2.75, 3.05) is 16.3 Å². The van der Waals surface area contributed by atoms with Crippen LogP contribution in [-0.2, 0) is 16.6 Å². The van der Waals surface area contributed by atoms with Crippen LogP contribution in [0.5, 0.6) is 0 Å². The number of carbonyl (C=O) groups excluding carboxylic acids is 2. The van der Waals surface area contributed by atoms with Gasteiger partial charge in [0.25, 0.3) is 11.8 Å². The first kappa shape index (κ1) is 21.8. The molecular weight excluding hydrogens is 446 g/mol. The standard InChI is InChI=1S/C20H18ClN3O4S2/c1-30(27,28)24-16-6-3-2-5-14(16)12-22-19(25)13-8-9-15(21)17(11-13)23-20(26)18-7-4-10-29-18/h2-11,24H,12H2,1H3,(H,22,25)(H,23,26). The van der Waals surface area contributed by atoms with Gasteiger partial charge in [-0.1, -0.05) is 35.9 Å². The molecular formula is C20H18ClN3O4S2. The van der Waals surface area contributed by atoms with Gasteiger partial charge in [0, 0.05) is 12.1 Å². The summed E-state index contributed by atoms with van der Waals surface area (Å²) in [5.41, 5.74) is 1.62. The number of amides is 2. The Kier molecular flexibility index (Phi) is 6.76. The van der Waals surface area contributed by atoms with Gasteiger partial charge in [-0.3, -0.25) is 14.3 Å². The normalized spacial score (nSPS) is 11.0. The molecule has 2 amide bonds. The van der Waals surface area contributed by atoms with E-state index in [1.165, 1.54) is 23.5 Å². The molecule has 30 heavy (non-hydrogen) atoms. The number of rotatable bonds is 7. The first-order valence-electron chi connectivity index (χ1n) is 8.71. The van der Waals surface area contributed by atoms with E-state index in [0.29, 0.717) is 32.4 Å². The van der Waals surface area contributed by atoms with Gasteiger partial charge >= 0.3 is 0 Å². The Morgan fingerprint density at radius 2 is 1.77 bits per heavy atom. The number of para-hydroxylation sites is 1. The van der Waals surface area contributed by atoms with E-state index >= 15 is 0 Å². The van der Waals surface area contributed by atoms with Gasteiger partial charge in [-0.15, -0.1) is 11.3 Å². The van der Waals surface area contributed by atoms with Crippen molar-refractivity contribution in [3.63, 3.8) is 0 Å². The quantitative estimate of drug-likeness (QED) is 0.493. The third kappa shape index (κ3) is 5.82. The van der Waals surface area contributed by atoms with Crippen LogP contribution in [0.15, 0.2) is 60.0 Å². The minimum atomic E-state index is -3.45. The Bertz CT molecular complexity index is 1180. The summed E-state index contributed by atoms with van der Waals surface area (Å²) < 4.78 is 25.4. The fourth-order valence-electron chi connectivity index (χ4n) is 2.61. The lowest BCUT2D eigenvalue weighted by atomic mass is 10.1. The summed E-state index contributed by atoms with van der Waals surface area (Å²) in [5.74, 6) is -0.710. The van der Waals surface area contributed by atoms with Gasteiger partial charge in [0.1, 0.15) is 0 Å². The molecule has 3 aromatic rings. The maximum Gasteiger partial charge on any atom is 0.265 e. The molecule has 0 saturated heterocycles. The molecule has 3 N–H and O–H groups in total. The minimum Gasteiger partial charge on any atom is -0.348 e. The molecule has 0 aliphatic carbocycles. The molecule has 1 aromatic heterocycles. The molecule has 0 aliphatic heterocycles. The number of anilines is 2. The van der Waals surface area contributed by atoms with Crippen molar-refractivity contribution >= 4 is 56.2 Å². The molecule has 1 heterocycles. The van der Waals surface area contributed by atoms with Crippen molar-refractivity contribution in [1.29, 1.82) is 0 Å². The molecule has 0 bridgehead atoms. The van der Waals surface area contributed by atoms with Gasteiger partial charge < -0.3 is 10.6 Å². The van der Waals surface area contributed by atoms with Crippen molar-refractivity contribution in [3.05, 3.63) is 81.0 Å². The first-order chi connectivity index (χ1) is 14.2. The molecule has 0 aliphatic rings. The lowest BCUT2D eigenvalue weighted by Crippen LogP contribution is -2.24. The lowest BCUT2D eigenvalue weighted by molar-refractivity contribution is 0.0949. The zero-order valence-corrected chi connectivity index (χ0v) is 18.2. The predicted octanol–water partition coefficient (Wildman–Crippen LogP) is 3.96. The van der Waals surface area contributed by atoms with Crippen LogP contribution in [0, 0.1) is 0 Å². The number of halogens is 1. The maximum absolute atomic E-state index is 12.6. The smallest absolute Gasteiger partial charge is 0.265 e. The summed E-state index contributed by atoms with van der Waals surface area (Å²) >= 11 is 7.45. The Morgan fingerprint density at radius 3 is 2.47 bits per heavy atom. The van der Waals surface area contributed by atoms with Crippen LogP contribution in [-0.4, -0.2) is 26.5 Å². The molecule has 156 valence electrons. The van der Waals surface area contributed by atoms with Crippen LogP contribution in [0.25, 0.3) is 0 Å². The van der Waals surface area contributed by atoms with Crippen molar-refractivity contribution in [2.45, 2.75) is 6.54 Å². The van der Waals surface area contributed by atoms with Crippen LogP contribution in [0.1, 0.15) is 25.6 Å². The summed E-state index contributed by atoms with van der Waals surface area (Å²) in [6, 6.07) is 14.8. The molecule has 2 aromatic carbocycles. The Labute approximate surface area is 183 Å². The van der Waals surface area contributed by atoms with Gasteiger partial charge in [-0.05, 0) is 41.3 Å². The third-order valence-electron chi connectivity index (χ3n) is 3.97. The SMILES string of the molecule is CS(=O)(=O)Nc1ccccc1CNC(=O)c1ccc(Cl)c(NC(=O)c2cccs2)c1. The van der Waals surface area contributed by atoms with Crippen LogP contribution in [0.4, 0.5) is 11.4 Å².